The maximum absolute atomic E-state index is 11.1. The topological polar surface area (TPSA) is 142 Å². The van der Waals surface area contributed by atoms with Crippen LogP contribution in [-0.4, -0.2) is 32.2 Å². The Morgan fingerprint density at radius 2 is 1.40 bits per heavy atom. The van der Waals surface area contributed by atoms with E-state index in [1.807, 2.05) is 0 Å². The van der Waals surface area contributed by atoms with Gasteiger partial charge in [0.1, 0.15) is 0 Å². The fourth-order valence-corrected chi connectivity index (χ4v) is 2.14. The van der Waals surface area contributed by atoms with E-state index < -0.39 is 16.9 Å². The summed E-state index contributed by atoms with van der Waals surface area (Å²) in [5, 5.41) is 34.2. The molecule has 2 rings (SSSR count). The molecule has 0 radical (unpaired) electrons. The number of aromatic carboxylic acids is 2. The summed E-state index contributed by atoms with van der Waals surface area (Å²) >= 11 is 5.07. The van der Waals surface area contributed by atoms with Gasteiger partial charge >= 0.3 is 11.9 Å². The Hall–Kier alpha value is -3.53. The molecule has 2 aromatic carbocycles. The summed E-state index contributed by atoms with van der Waals surface area (Å²) < 4.78 is 0. The number of hydrogen-bond acceptors (Lipinski definition) is 5. The van der Waals surface area contributed by atoms with E-state index in [1.165, 1.54) is 36.4 Å². The average molecular weight is 361 g/mol. The molecule has 9 nitrogen and oxygen atoms in total. The lowest BCUT2D eigenvalue weighted by Gasteiger charge is -2.12. The van der Waals surface area contributed by atoms with Crippen molar-refractivity contribution < 1.29 is 24.7 Å². The van der Waals surface area contributed by atoms with E-state index in [-0.39, 0.29) is 27.6 Å². The summed E-state index contributed by atoms with van der Waals surface area (Å²) in [7, 11) is 0. The van der Waals surface area contributed by atoms with Crippen LogP contribution in [0.15, 0.2) is 42.5 Å². The van der Waals surface area contributed by atoms with Gasteiger partial charge in [0.15, 0.2) is 5.11 Å². The maximum atomic E-state index is 11.1. The van der Waals surface area contributed by atoms with Gasteiger partial charge < -0.3 is 20.8 Å². The minimum atomic E-state index is -1.28. The van der Waals surface area contributed by atoms with Crippen LogP contribution in [0.25, 0.3) is 0 Å². The number of hydrogen-bond donors (Lipinski definition) is 4. The van der Waals surface area contributed by atoms with Crippen LogP contribution in [0.4, 0.5) is 17.1 Å². The van der Waals surface area contributed by atoms with E-state index >= 15 is 0 Å². The van der Waals surface area contributed by atoms with Crippen molar-refractivity contribution in [3.63, 3.8) is 0 Å². The molecule has 25 heavy (non-hydrogen) atoms. The Balaban J connectivity index is 2.15. The molecule has 0 spiro atoms. The number of non-ortho nitro benzene ring substituents is 1. The predicted octanol–water partition coefficient (Wildman–Crippen LogP) is 2.80. The molecule has 0 heterocycles. The average Bonchev–Trinajstić information content (AvgIpc) is 2.54. The smallest absolute Gasteiger partial charge is 0.335 e. The highest BCUT2D eigenvalue weighted by Gasteiger charge is 2.12. The number of carboxylic acids is 2. The van der Waals surface area contributed by atoms with Crippen molar-refractivity contribution in [1.29, 1.82) is 0 Å². The standard InChI is InChI=1S/C15H11N3O6S/c19-13(20)8-5-9(14(21)22)7-11(6-8)17-15(25)16-10-1-3-12(4-2-10)18(23)24/h1-7H,(H,19,20)(H,21,22)(H2,16,17,25). The van der Waals surface area contributed by atoms with Crippen molar-refractivity contribution in [3.05, 3.63) is 63.7 Å². The molecule has 0 bridgehead atoms. The zero-order chi connectivity index (χ0) is 18.6. The second-order valence-corrected chi connectivity index (χ2v) is 5.20. The lowest BCUT2D eigenvalue weighted by Crippen LogP contribution is -2.19. The van der Waals surface area contributed by atoms with Gasteiger partial charge in [-0.25, -0.2) is 9.59 Å². The summed E-state index contributed by atoms with van der Waals surface area (Å²) in [6.45, 7) is 0. The normalized spacial score (nSPS) is 9.92. The largest absolute Gasteiger partial charge is 0.478 e. The highest BCUT2D eigenvalue weighted by atomic mass is 32.1. The van der Waals surface area contributed by atoms with Crippen LogP contribution >= 0.6 is 12.2 Å². The van der Waals surface area contributed by atoms with Crippen molar-refractivity contribution in [2.45, 2.75) is 0 Å². The van der Waals surface area contributed by atoms with Gasteiger partial charge in [-0.15, -0.1) is 0 Å². The number of thiocarbonyl (C=S) groups is 1. The molecule has 2 aromatic rings. The molecule has 0 aliphatic rings. The molecular formula is C15H11N3O6S. The third-order valence-corrected chi connectivity index (χ3v) is 3.22. The molecule has 10 heteroatoms. The van der Waals surface area contributed by atoms with Crippen LogP contribution in [0, 0.1) is 10.1 Å². The van der Waals surface area contributed by atoms with E-state index in [1.54, 1.807) is 0 Å². The Bertz CT molecular complexity index is 834. The molecule has 0 fully saturated rings. The van der Waals surface area contributed by atoms with Gasteiger partial charge in [0.25, 0.3) is 5.69 Å². The van der Waals surface area contributed by atoms with Crippen molar-refractivity contribution >= 4 is 46.3 Å². The molecular weight excluding hydrogens is 350 g/mol. The number of benzene rings is 2. The van der Waals surface area contributed by atoms with Crippen LogP contribution in [0.1, 0.15) is 20.7 Å². The number of carboxylic acid groups (broad SMARTS) is 2. The molecule has 0 amide bonds. The van der Waals surface area contributed by atoms with Crippen LogP contribution in [0.2, 0.25) is 0 Å². The van der Waals surface area contributed by atoms with Crippen LogP contribution in [0.5, 0.6) is 0 Å². The van der Waals surface area contributed by atoms with Gasteiger partial charge in [0.2, 0.25) is 0 Å². The number of nitro benzene ring substituents is 1. The van der Waals surface area contributed by atoms with Gasteiger partial charge in [-0.3, -0.25) is 10.1 Å². The van der Waals surface area contributed by atoms with Gasteiger partial charge in [0.05, 0.1) is 16.1 Å². The number of carbonyl (C=O) groups is 2. The molecule has 0 aliphatic carbocycles. The van der Waals surface area contributed by atoms with Gasteiger partial charge in [-0.1, -0.05) is 0 Å². The molecule has 0 saturated carbocycles. The van der Waals surface area contributed by atoms with Crippen molar-refractivity contribution in [3.8, 4) is 0 Å². The van der Waals surface area contributed by atoms with E-state index in [0.29, 0.717) is 5.69 Å². The monoisotopic (exact) mass is 361 g/mol. The molecule has 0 atom stereocenters. The van der Waals surface area contributed by atoms with E-state index in [0.717, 1.165) is 6.07 Å². The summed E-state index contributed by atoms with van der Waals surface area (Å²) in [6.07, 6.45) is 0. The fraction of sp³-hybridized carbons (Fsp3) is 0. The first-order valence-corrected chi connectivity index (χ1v) is 7.11. The minimum Gasteiger partial charge on any atom is -0.478 e. The second-order valence-electron chi connectivity index (χ2n) is 4.79. The van der Waals surface area contributed by atoms with Gasteiger partial charge in [-0.2, -0.15) is 0 Å². The Morgan fingerprint density at radius 1 is 0.920 bits per heavy atom. The highest BCUT2D eigenvalue weighted by Crippen LogP contribution is 2.18. The first-order chi connectivity index (χ1) is 11.8. The van der Waals surface area contributed by atoms with E-state index in [2.05, 4.69) is 10.6 Å². The minimum absolute atomic E-state index is 0.0627. The Morgan fingerprint density at radius 3 is 1.84 bits per heavy atom. The van der Waals surface area contributed by atoms with E-state index in [4.69, 9.17) is 22.4 Å². The summed E-state index contributed by atoms with van der Waals surface area (Å²) in [6, 6.07) is 8.97. The van der Waals surface area contributed by atoms with Crippen LogP contribution in [0.3, 0.4) is 0 Å². The number of nitrogens with one attached hydrogen (secondary N) is 2. The number of anilines is 2. The summed E-state index contributed by atoms with van der Waals surface area (Å²) in [5.74, 6) is -2.55. The van der Waals surface area contributed by atoms with Crippen molar-refractivity contribution in [2.75, 3.05) is 10.6 Å². The first kappa shape index (κ1) is 17.8. The van der Waals surface area contributed by atoms with Crippen molar-refractivity contribution in [1.82, 2.24) is 0 Å². The third kappa shape index (κ3) is 4.72. The quantitative estimate of drug-likeness (QED) is 0.359. The molecule has 128 valence electrons. The zero-order valence-electron chi connectivity index (χ0n) is 12.4. The first-order valence-electron chi connectivity index (χ1n) is 6.70. The second kappa shape index (κ2) is 7.36. The molecule has 0 aromatic heterocycles. The Kier molecular flexibility index (Phi) is 5.25. The van der Waals surface area contributed by atoms with Gasteiger partial charge in [-0.05, 0) is 42.5 Å². The predicted molar refractivity (Wildman–Crippen MR) is 93.3 cm³/mol. The summed E-state index contributed by atoms with van der Waals surface area (Å²) in [4.78, 5) is 32.2. The number of nitrogens with zero attached hydrogens (tertiary/aromatic N) is 1. The molecule has 0 saturated heterocycles. The molecule has 0 aliphatic heterocycles. The highest BCUT2D eigenvalue weighted by molar-refractivity contribution is 7.80. The number of rotatable bonds is 5. The summed E-state index contributed by atoms with van der Waals surface area (Å²) in [5.41, 5.74) is 0.151. The number of nitro groups is 1. The lowest BCUT2D eigenvalue weighted by molar-refractivity contribution is -0.384. The van der Waals surface area contributed by atoms with Crippen LogP contribution in [-0.2, 0) is 0 Å². The fourth-order valence-electron chi connectivity index (χ4n) is 1.91. The maximum Gasteiger partial charge on any atom is 0.335 e. The SMILES string of the molecule is O=C(O)c1cc(NC(=S)Nc2ccc([N+](=O)[O-])cc2)cc(C(=O)O)c1. The van der Waals surface area contributed by atoms with E-state index in [9.17, 15) is 19.7 Å². The molecule has 4 N–H and O–H groups in total. The Labute approximate surface area is 146 Å². The van der Waals surface area contributed by atoms with Crippen LogP contribution < -0.4 is 10.6 Å². The zero-order valence-corrected chi connectivity index (χ0v) is 13.2. The lowest BCUT2D eigenvalue weighted by atomic mass is 10.1. The van der Waals surface area contributed by atoms with Gasteiger partial charge in [0, 0.05) is 23.5 Å². The third-order valence-electron chi connectivity index (χ3n) is 3.02. The molecule has 0 unspecified atom stereocenters. The van der Waals surface area contributed by atoms with Crippen molar-refractivity contribution in [2.24, 2.45) is 0 Å².